The van der Waals surface area contributed by atoms with Crippen LogP contribution < -0.4 is 0 Å². The van der Waals surface area contributed by atoms with Crippen molar-refractivity contribution >= 4 is 70.1 Å². The van der Waals surface area contributed by atoms with Gasteiger partial charge in [-0.2, -0.15) is 47.7 Å². The summed E-state index contributed by atoms with van der Waals surface area (Å²) in [5, 5.41) is 15.7. The molecule has 0 atom stereocenters. The average Bonchev–Trinajstić information content (AvgIpc) is 1.62. The number of ketones is 1. The molecule has 0 unspecified atom stereocenters. The number of nitrogens with zero attached hydrogens (tertiary/aromatic N) is 5. The number of carbonyl (C=O) groups excluding carboxylic acids is 1. The molecule has 0 aliphatic rings. The summed E-state index contributed by atoms with van der Waals surface area (Å²) in [6.07, 6.45) is 9.79. The van der Waals surface area contributed by atoms with Crippen molar-refractivity contribution in [2.45, 2.75) is 103 Å². The van der Waals surface area contributed by atoms with Crippen molar-refractivity contribution in [3.05, 3.63) is 403 Å². The van der Waals surface area contributed by atoms with Crippen molar-refractivity contribution in [1.82, 2.24) is 24.9 Å². The van der Waals surface area contributed by atoms with Crippen molar-refractivity contribution in [3.8, 4) is 78.5 Å². The molecular formula is C110H98Ir4N5O3S-4. The Morgan fingerprint density at radius 1 is 0.447 bits per heavy atom. The van der Waals surface area contributed by atoms with Crippen molar-refractivity contribution in [3.63, 3.8) is 0 Å². The zero-order valence-electron chi connectivity index (χ0n) is 71.5. The second kappa shape index (κ2) is 46.7. The third kappa shape index (κ3) is 27.1. The summed E-state index contributed by atoms with van der Waals surface area (Å²) in [5.74, 6) is 0.755. The number of aliphatic hydroxyl groups excluding tert-OH is 1. The molecule has 13 heteroatoms. The Morgan fingerprint density at radius 2 is 1.06 bits per heavy atom. The van der Waals surface area contributed by atoms with Gasteiger partial charge < -0.3 is 29.5 Å². The van der Waals surface area contributed by atoms with E-state index in [4.69, 9.17) is 9.40 Å². The second-order valence-electron chi connectivity index (χ2n) is 31.8. The van der Waals surface area contributed by atoms with Crippen LogP contribution in [0.25, 0.3) is 132 Å². The number of fused-ring (bicyclic) bond motifs is 7. The van der Waals surface area contributed by atoms with Crippen LogP contribution in [0.1, 0.15) is 94.3 Å². The summed E-state index contributed by atoms with van der Waals surface area (Å²) in [5.41, 5.74) is 25.3. The fourth-order valence-electron chi connectivity index (χ4n) is 13.1. The normalized spacial score (nSPS) is 10.8. The summed E-state index contributed by atoms with van der Waals surface area (Å²) in [7, 11) is 0. The van der Waals surface area contributed by atoms with Crippen LogP contribution in [0.15, 0.2) is 326 Å². The molecule has 123 heavy (non-hydrogen) atoms. The van der Waals surface area contributed by atoms with E-state index >= 15 is 0 Å². The van der Waals surface area contributed by atoms with E-state index in [1.54, 1.807) is 0 Å². The first-order valence-corrected chi connectivity index (χ1v) is 40.9. The zero-order chi connectivity index (χ0) is 84.0. The average molecular weight is 2340 g/mol. The Hall–Kier alpha value is -10.7. The monoisotopic (exact) mass is 2340 g/mol. The number of hydrogen-bond donors (Lipinski definition) is 1. The Kier molecular flexibility index (Phi) is 37.1. The maximum absolute atomic E-state index is 11.5. The molecule has 18 aromatic rings. The third-order valence-corrected chi connectivity index (χ3v) is 20.7. The van der Waals surface area contributed by atoms with E-state index in [9.17, 15) is 9.90 Å². The van der Waals surface area contributed by atoms with Gasteiger partial charge in [-0.3, -0.25) is 9.78 Å². The van der Waals surface area contributed by atoms with Crippen LogP contribution in [-0.4, -0.2) is 35.8 Å². The minimum absolute atomic E-state index is 0. The van der Waals surface area contributed by atoms with Gasteiger partial charge in [0.1, 0.15) is 11.3 Å². The molecule has 0 amide bonds. The topological polar surface area (TPSA) is 115 Å². The molecular weight excluding hydrogens is 2240 g/mol. The molecule has 7 aromatic heterocycles. The number of para-hydroxylation sites is 1. The molecule has 18 rings (SSSR count). The van der Waals surface area contributed by atoms with Crippen molar-refractivity contribution in [2.75, 3.05) is 0 Å². The minimum atomic E-state index is -0.417. The number of aromatic nitrogens is 5. The largest absolute Gasteiger partial charge is 3.00 e. The maximum atomic E-state index is 11.5. The number of rotatable bonds is 10. The van der Waals surface area contributed by atoms with Gasteiger partial charge in [0.2, 0.25) is 0 Å². The van der Waals surface area contributed by atoms with Crippen molar-refractivity contribution < 1.29 is 94.7 Å². The van der Waals surface area contributed by atoms with Crippen LogP contribution in [0.5, 0.6) is 0 Å². The van der Waals surface area contributed by atoms with Gasteiger partial charge in [0.15, 0.2) is 5.78 Å². The van der Waals surface area contributed by atoms with Gasteiger partial charge in [-0.1, -0.05) is 243 Å². The van der Waals surface area contributed by atoms with Gasteiger partial charge in [0, 0.05) is 117 Å². The smallest absolute Gasteiger partial charge is 0.512 e. The summed E-state index contributed by atoms with van der Waals surface area (Å²) in [4.78, 5) is 33.9. The molecule has 627 valence electrons. The van der Waals surface area contributed by atoms with Gasteiger partial charge in [-0.25, -0.2) is 11.1 Å². The number of allylic oxidation sites excluding steroid dienone is 2. The quantitative estimate of drug-likeness (QED) is 0.0818. The fourth-order valence-corrected chi connectivity index (χ4v) is 14.2. The zero-order valence-corrected chi connectivity index (χ0v) is 81.9. The molecule has 7 heterocycles. The first-order valence-electron chi connectivity index (χ1n) is 40.1. The summed E-state index contributed by atoms with van der Waals surface area (Å²) in [6, 6.07) is 119. The molecule has 0 bridgehead atoms. The number of aliphatic hydroxyl groups is 1. The predicted octanol–water partition coefficient (Wildman–Crippen LogP) is 28.9. The number of hydrogen-bond acceptors (Lipinski definition) is 9. The van der Waals surface area contributed by atoms with Crippen LogP contribution in [0, 0.1) is 101 Å². The molecule has 1 N–H and O–H groups in total. The molecule has 0 saturated heterocycles. The molecule has 0 aliphatic heterocycles. The van der Waals surface area contributed by atoms with Crippen molar-refractivity contribution in [1.29, 1.82) is 0 Å². The molecule has 0 saturated carbocycles. The first kappa shape index (κ1) is 97.7. The second-order valence-corrected chi connectivity index (χ2v) is 32.9. The van der Waals surface area contributed by atoms with Crippen LogP contribution in [0.4, 0.5) is 0 Å². The van der Waals surface area contributed by atoms with E-state index in [1.165, 1.54) is 70.6 Å². The Morgan fingerprint density at radius 3 is 1.67 bits per heavy atom. The maximum Gasteiger partial charge on any atom is 3.00 e. The first-order chi connectivity index (χ1) is 57.4. The van der Waals surface area contributed by atoms with E-state index in [0.29, 0.717) is 5.92 Å². The van der Waals surface area contributed by atoms with Gasteiger partial charge in [-0.05, 0) is 119 Å². The molecule has 0 fully saturated rings. The number of furan rings is 1. The van der Waals surface area contributed by atoms with Gasteiger partial charge in [0.05, 0.1) is 11.1 Å². The number of benzene rings is 11. The van der Waals surface area contributed by atoms with E-state index in [1.807, 2.05) is 231 Å². The van der Waals surface area contributed by atoms with Crippen LogP contribution in [-0.2, 0) is 91.6 Å². The fraction of sp³-hybridized carbons (Fsp3) is 0.164. The van der Waals surface area contributed by atoms with Gasteiger partial charge in [0.25, 0.3) is 0 Å². The number of thiophene rings is 1. The summed E-state index contributed by atoms with van der Waals surface area (Å²) < 4.78 is 8.60. The summed E-state index contributed by atoms with van der Waals surface area (Å²) >= 11 is 1.81. The Balaban J connectivity index is 0.000000179. The van der Waals surface area contributed by atoms with Crippen LogP contribution in [0.2, 0.25) is 0 Å². The van der Waals surface area contributed by atoms with Gasteiger partial charge in [-0.15, -0.1) is 166 Å². The van der Waals surface area contributed by atoms with Gasteiger partial charge >= 0.3 is 20.1 Å². The number of pyridine rings is 5. The predicted molar refractivity (Wildman–Crippen MR) is 497 cm³/mol. The van der Waals surface area contributed by atoms with E-state index in [2.05, 4.69) is 250 Å². The molecule has 11 aromatic carbocycles. The van der Waals surface area contributed by atoms with E-state index < -0.39 is 5.41 Å². The number of carbonyl (C=O) groups is 1. The number of aryl methyl sites for hydroxylation is 6. The summed E-state index contributed by atoms with van der Waals surface area (Å²) in [6.45, 7) is 28.1. The Labute approximate surface area is 784 Å². The van der Waals surface area contributed by atoms with E-state index in [0.717, 1.165) is 112 Å². The van der Waals surface area contributed by atoms with Crippen LogP contribution in [0.3, 0.4) is 0 Å². The molecule has 8 nitrogen and oxygen atoms in total. The molecule has 3 radical (unpaired) electrons. The Bertz CT molecular complexity index is 6390. The molecule has 0 spiro atoms. The SMILES string of the molecule is CC(C)(C)C(=O)C=C(O)C(C)(C)C.Cc1[c-]c(-c2ccc3c(CC(C)C)cccc3n2)cc(C)c1.Cc1cc(-c2[c-]cccc2)[c-]cc1-c1ccccc1.Cc1ccc(-c2[c-]ccc3c2oc2ccccc23)nc1.Cc1ccc(-c2[c-]cccc2)nc1.Cc1cccnc1-c1[c-]cccc1.[Ir+3].[Ir].[Ir].[Ir].[c-]1cc2sc3ccccc3c2cc1-c1ccccn1. The van der Waals surface area contributed by atoms with E-state index in [-0.39, 0.29) is 97.4 Å². The third-order valence-electron chi connectivity index (χ3n) is 19.5. The standard InChI is InChI=1S/C21H22N.C19H14.C18H12NO.C17H10NS.2C12H10N.C11H20O2.4Ir/c1-14(2)10-17-6-5-7-21-19(17)8-9-20(22-21)18-12-15(3)11-16(4)13-18;1-15-14-18(16-8-4-2-5-9-16)12-13-19(15)17-10-6-3-7-11-17;1-12-9-10-16(19-11-12)15-7-4-6-14-13-5-2-3-8-17(13)20-18(14)15;1-2-7-16-13(5-1)14-11-12(8-9-17(14)19-16)15-6-3-4-10-18-15;1-10-6-5-9-13-12(10)11-7-3-2-4-8-11;1-10-7-8-12(13-9-10)11-5-3-2-4-6-11;1-10(2,3)8(12)7-9(13)11(4,5)6;;;;/h5-9,11-12,14H,10H2,1-4H3;2-8,10-11,13-14H,1H3;2-6,8-11H,1H3;1-7,9-11H;2-7,9H,1H3;2-5,7-9H,1H3;7,12H,1-6H3;;;;/q-1;-2;4*-1;;;;;+3. The molecule has 0 aliphatic carbocycles. The minimum Gasteiger partial charge on any atom is -0.512 e. The van der Waals surface area contributed by atoms with Crippen LogP contribution >= 0.6 is 11.3 Å². The van der Waals surface area contributed by atoms with Crippen molar-refractivity contribution in [2.24, 2.45) is 16.7 Å².